The van der Waals surface area contributed by atoms with Gasteiger partial charge in [-0.25, -0.2) is 4.79 Å². The van der Waals surface area contributed by atoms with Crippen LogP contribution < -0.4 is 4.90 Å². The van der Waals surface area contributed by atoms with Gasteiger partial charge in [0.15, 0.2) is 0 Å². The quantitative estimate of drug-likeness (QED) is 0.828. The van der Waals surface area contributed by atoms with Crippen molar-refractivity contribution in [3.8, 4) is 0 Å². The first-order chi connectivity index (χ1) is 8.67. The fourth-order valence-electron chi connectivity index (χ4n) is 2.54. The molecule has 1 fully saturated rings. The Labute approximate surface area is 107 Å². The van der Waals surface area contributed by atoms with E-state index in [0.717, 1.165) is 18.7 Å². The molecule has 1 N–H and O–H groups in total. The molecule has 1 aliphatic heterocycles. The highest BCUT2D eigenvalue weighted by molar-refractivity contribution is 5.90. The lowest BCUT2D eigenvalue weighted by Gasteiger charge is -2.26. The zero-order valence-electron chi connectivity index (χ0n) is 10.8. The molecule has 1 heterocycles. The molecule has 4 nitrogen and oxygen atoms in total. The fraction of sp³-hybridized carbons (Fsp3) is 0.500. The van der Waals surface area contributed by atoms with Gasteiger partial charge in [0.05, 0.1) is 12.7 Å². The number of hydrogen-bond acceptors (Lipinski definition) is 4. The van der Waals surface area contributed by atoms with Crippen molar-refractivity contribution in [3.05, 3.63) is 29.8 Å². The number of aliphatic hydroxyl groups is 1. The van der Waals surface area contributed by atoms with Gasteiger partial charge >= 0.3 is 5.97 Å². The Bertz CT molecular complexity index is 433. The van der Waals surface area contributed by atoms with Gasteiger partial charge in [0.1, 0.15) is 0 Å². The van der Waals surface area contributed by atoms with Gasteiger partial charge in [-0.2, -0.15) is 0 Å². The lowest BCUT2D eigenvalue weighted by molar-refractivity contribution is 0.0600. The van der Waals surface area contributed by atoms with E-state index in [1.165, 1.54) is 7.11 Å². The molecule has 1 saturated heterocycles. The molecular weight excluding hydrogens is 230 g/mol. The minimum absolute atomic E-state index is 0.217. The molecule has 0 spiro atoms. The summed E-state index contributed by atoms with van der Waals surface area (Å²) in [5.74, 6) is -0.00538. The third-order valence-corrected chi connectivity index (χ3v) is 3.75. The summed E-state index contributed by atoms with van der Waals surface area (Å²) in [6.45, 7) is 3.24. The Morgan fingerprint density at radius 3 is 2.94 bits per heavy atom. The number of aliphatic hydroxyl groups excluding tert-OH is 1. The minimum atomic E-state index is -0.317. The van der Waals surface area contributed by atoms with E-state index in [0.29, 0.717) is 17.5 Å². The Kier molecular flexibility index (Phi) is 3.87. The monoisotopic (exact) mass is 249 g/mol. The molecule has 18 heavy (non-hydrogen) atoms. The second-order valence-corrected chi connectivity index (χ2v) is 4.71. The van der Waals surface area contributed by atoms with Crippen LogP contribution in [0, 0.1) is 5.92 Å². The molecule has 0 bridgehead atoms. The second-order valence-electron chi connectivity index (χ2n) is 4.71. The van der Waals surface area contributed by atoms with Crippen molar-refractivity contribution in [2.24, 2.45) is 5.92 Å². The van der Waals surface area contributed by atoms with Crippen LogP contribution in [0.2, 0.25) is 0 Å². The van der Waals surface area contributed by atoms with Crippen molar-refractivity contribution < 1.29 is 14.6 Å². The number of anilines is 1. The molecule has 1 aliphatic rings. The van der Waals surface area contributed by atoms with Crippen LogP contribution in [-0.2, 0) is 4.74 Å². The maximum Gasteiger partial charge on any atom is 0.337 e. The zero-order chi connectivity index (χ0) is 13.1. The molecule has 2 rings (SSSR count). The van der Waals surface area contributed by atoms with Crippen molar-refractivity contribution in [3.63, 3.8) is 0 Å². The van der Waals surface area contributed by atoms with E-state index in [9.17, 15) is 9.90 Å². The number of esters is 1. The first-order valence-electron chi connectivity index (χ1n) is 6.23. The van der Waals surface area contributed by atoms with Crippen LogP contribution in [0.25, 0.3) is 0 Å². The van der Waals surface area contributed by atoms with Gasteiger partial charge in [-0.3, -0.25) is 0 Å². The van der Waals surface area contributed by atoms with E-state index in [1.54, 1.807) is 6.07 Å². The number of benzene rings is 1. The average Bonchev–Trinajstić information content (AvgIpc) is 2.79. The summed E-state index contributed by atoms with van der Waals surface area (Å²) in [5.41, 5.74) is 1.58. The number of ether oxygens (including phenoxy) is 1. The summed E-state index contributed by atoms with van der Waals surface area (Å²) in [5, 5.41) is 9.28. The molecule has 2 unspecified atom stereocenters. The highest BCUT2D eigenvalue weighted by Gasteiger charge is 2.30. The maximum absolute atomic E-state index is 11.5. The van der Waals surface area contributed by atoms with Crippen molar-refractivity contribution in [1.82, 2.24) is 0 Å². The topological polar surface area (TPSA) is 49.8 Å². The molecule has 98 valence electrons. The highest BCUT2D eigenvalue weighted by atomic mass is 16.5. The molecule has 0 saturated carbocycles. The molecule has 0 amide bonds. The molecule has 0 aliphatic carbocycles. The van der Waals surface area contributed by atoms with Crippen LogP contribution >= 0.6 is 0 Å². The number of carbonyl (C=O) groups is 1. The zero-order valence-corrected chi connectivity index (χ0v) is 10.8. The number of rotatable bonds is 3. The lowest BCUT2D eigenvalue weighted by atomic mass is 10.0. The molecule has 0 radical (unpaired) electrons. The number of carbonyl (C=O) groups excluding carboxylic acids is 1. The van der Waals surface area contributed by atoms with Crippen LogP contribution in [0.3, 0.4) is 0 Å². The van der Waals surface area contributed by atoms with Crippen LogP contribution in [0.1, 0.15) is 23.7 Å². The summed E-state index contributed by atoms with van der Waals surface area (Å²) in [7, 11) is 1.38. The standard InChI is InChI=1S/C14H19NO3/c1-10-12(9-16)6-7-15(10)13-5-3-4-11(8-13)14(17)18-2/h3-5,8,10,12,16H,6-7,9H2,1-2H3. The average molecular weight is 249 g/mol. The van der Waals surface area contributed by atoms with Crippen LogP contribution in [0.4, 0.5) is 5.69 Å². The molecule has 1 aromatic rings. The predicted octanol–water partition coefficient (Wildman–Crippen LogP) is 1.68. The number of hydrogen-bond donors (Lipinski definition) is 1. The largest absolute Gasteiger partial charge is 0.465 e. The Morgan fingerprint density at radius 2 is 2.33 bits per heavy atom. The highest BCUT2D eigenvalue weighted by Crippen LogP contribution is 2.29. The van der Waals surface area contributed by atoms with E-state index >= 15 is 0 Å². The van der Waals surface area contributed by atoms with Gasteiger partial charge < -0.3 is 14.7 Å². The molecule has 1 aromatic carbocycles. The molecule has 0 aromatic heterocycles. The van der Waals surface area contributed by atoms with E-state index in [4.69, 9.17) is 4.74 Å². The summed E-state index contributed by atoms with van der Waals surface area (Å²) >= 11 is 0. The Hall–Kier alpha value is -1.55. The van der Waals surface area contributed by atoms with Crippen molar-refractivity contribution >= 4 is 11.7 Å². The minimum Gasteiger partial charge on any atom is -0.465 e. The van der Waals surface area contributed by atoms with Crippen molar-refractivity contribution in [2.45, 2.75) is 19.4 Å². The Morgan fingerprint density at radius 1 is 1.56 bits per heavy atom. The third kappa shape index (κ3) is 2.34. The molecule has 4 heteroatoms. The van der Waals surface area contributed by atoms with Gasteiger partial charge in [0.25, 0.3) is 0 Å². The van der Waals surface area contributed by atoms with Crippen LogP contribution in [0.5, 0.6) is 0 Å². The Balaban J connectivity index is 2.21. The van der Waals surface area contributed by atoms with Gasteiger partial charge in [-0.05, 0) is 31.5 Å². The van der Waals surface area contributed by atoms with Gasteiger partial charge in [-0.15, -0.1) is 0 Å². The molecule has 2 atom stereocenters. The predicted molar refractivity (Wildman–Crippen MR) is 69.8 cm³/mol. The van der Waals surface area contributed by atoms with E-state index < -0.39 is 0 Å². The number of nitrogens with zero attached hydrogens (tertiary/aromatic N) is 1. The van der Waals surface area contributed by atoms with E-state index in [1.807, 2.05) is 18.2 Å². The lowest BCUT2D eigenvalue weighted by Crippen LogP contribution is -2.31. The smallest absolute Gasteiger partial charge is 0.337 e. The van der Waals surface area contributed by atoms with Gasteiger partial charge in [0, 0.05) is 30.8 Å². The van der Waals surface area contributed by atoms with Crippen molar-refractivity contribution in [1.29, 1.82) is 0 Å². The molecular formula is C14H19NO3. The van der Waals surface area contributed by atoms with Crippen LogP contribution in [-0.4, -0.2) is 37.4 Å². The maximum atomic E-state index is 11.5. The van der Waals surface area contributed by atoms with Gasteiger partial charge in [0.2, 0.25) is 0 Å². The first kappa shape index (κ1) is 12.9. The first-order valence-corrected chi connectivity index (χ1v) is 6.23. The second kappa shape index (κ2) is 5.40. The number of methoxy groups -OCH3 is 1. The van der Waals surface area contributed by atoms with Crippen LogP contribution in [0.15, 0.2) is 24.3 Å². The summed E-state index contributed by atoms with van der Waals surface area (Å²) in [6, 6.07) is 7.74. The van der Waals surface area contributed by atoms with E-state index in [2.05, 4.69) is 11.8 Å². The summed E-state index contributed by atoms with van der Waals surface area (Å²) in [6.07, 6.45) is 0.986. The van der Waals surface area contributed by atoms with E-state index in [-0.39, 0.29) is 12.6 Å². The van der Waals surface area contributed by atoms with Gasteiger partial charge in [-0.1, -0.05) is 6.07 Å². The van der Waals surface area contributed by atoms with Crippen molar-refractivity contribution in [2.75, 3.05) is 25.2 Å². The fourth-order valence-corrected chi connectivity index (χ4v) is 2.54. The SMILES string of the molecule is COC(=O)c1cccc(N2CCC(CO)C2C)c1. The summed E-state index contributed by atoms with van der Waals surface area (Å²) in [4.78, 5) is 13.7. The third-order valence-electron chi connectivity index (χ3n) is 3.75. The normalized spacial score (nSPS) is 23.2. The summed E-state index contributed by atoms with van der Waals surface area (Å²) < 4.78 is 4.73.